The third-order valence-electron chi connectivity index (χ3n) is 5.16. The second-order valence-electron chi connectivity index (χ2n) is 6.68. The first kappa shape index (κ1) is 17.0. The molecule has 0 radical (unpaired) electrons. The molecule has 1 fully saturated rings. The molecule has 138 valence electrons. The van der Waals surface area contributed by atoms with Crippen LogP contribution in [0.1, 0.15) is 17.2 Å². The average Bonchev–Trinajstić information content (AvgIpc) is 3.28. The van der Waals surface area contributed by atoms with Crippen LogP contribution < -0.4 is 14.2 Å². The highest BCUT2D eigenvalue weighted by molar-refractivity contribution is 5.45. The van der Waals surface area contributed by atoms with Gasteiger partial charge in [0, 0.05) is 12.5 Å². The number of aliphatic hydroxyl groups is 1. The Morgan fingerprint density at radius 3 is 2.77 bits per heavy atom. The van der Waals surface area contributed by atoms with Crippen LogP contribution >= 0.6 is 0 Å². The number of rotatable bonds is 5. The molecule has 0 bridgehead atoms. The number of hydrogen-bond acceptors (Lipinski definition) is 6. The Labute approximate surface area is 151 Å². The van der Waals surface area contributed by atoms with E-state index in [0.717, 1.165) is 29.0 Å². The van der Waals surface area contributed by atoms with Gasteiger partial charge >= 0.3 is 0 Å². The first-order valence-corrected chi connectivity index (χ1v) is 8.67. The van der Waals surface area contributed by atoms with Gasteiger partial charge in [-0.2, -0.15) is 0 Å². The summed E-state index contributed by atoms with van der Waals surface area (Å²) in [7, 11) is 1.51. The number of fused-ring (bicyclic) bond motifs is 1. The largest absolute Gasteiger partial charge is 0.504 e. The highest BCUT2D eigenvalue weighted by Gasteiger charge is 2.38. The van der Waals surface area contributed by atoms with Crippen LogP contribution in [0.3, 0.4) is 0 Å². The lowest BCUT2D eigenvalue weighted by Gasteiger charge is -2.21. The number of phenolic OH excluding ortho intramolecular Hbond substituents is 1. The predicted octanol–water partition coefficient (Wildman–Crippen LogP) is 2.67. The van der Waals surface area contributed by atoms with Crippen molar-refractivity contribution < 1.29 is 29.2 Å². The van der Waals surface area contributed by atoms with Gasteiger partial charge in [-0.3, -0.25) is 0 Å². The van der Waals surface area contributed by atoms with Gasteiger partial charge in [-0.15, -0.1) is 0 Å². The van der Waals surface area contributed by atoms with E-state index < -0.39 is 0 Å². The van der Waals surface area contributed by atoms with Crippen LogP contribution in [0.4, 0.5) is 0 Å². The molecule has 0 aromatic heterocycles. The van der Waals surface area contributed by atoms with Gasteiger partial charge in [-0.1, -0.05) is 12.1 Å². The third kappa shape index (κ3) is 3.06. The molecule has 2 N–H and O–H groups in total. The zero-order valence-electron chi connectivity index (χ0n) is 14.6. The SMILES string of the molecule is COc1cc([C@@H]2OC[C@@H](Cc3ccc4c(c3)OCO4)[C@H]2CO)ccc1O. The van der Waals surface area contributed by atoms with E-state index in [9.17, 15) is 10.2 Å². The Kier molecular flexibility index (Phi) is 4.61. The smallest absolute Gasteiger partial charge is 0.231 e. The fraction of sp³-hybridized carbons (Fsp3) is 0.400. The highest BCUT2D eigenvalue weighted by atomic mass is 16.7. The van der Waals surface area contributed by atoms with Gasteiger partial charge in [-0.25, -0.2) is 0 Å². The van der Waals surface area contributed by atoms with Crippen LogP contribution in [0.5, 0.6) is 23.0 Å². The van der Waals surface area contributed by atoms with Crippen molar-refractivity contribution in [2.45, 2.75) is 12.5 Å². The third-order valence-corrected chi connectivity index (χ3v) is 5.16. The second-order valence-corrected chi connectivity index (χ2v) is 6.68. The van der Waals surface area contributed by atoms with Crippen LogP contribution in [0, 0.1) is 11.8 Å². The summed E-state index contributed by atoms with van der Waals surface area (Å²) in [4.78, 5) is 0. The molecular weight excluding hydrogens is 336 g/mol. The molecule has 2 aliphatic rings. The zero-order valence-corrected chi connectivity index (χ0v) is 14.6. The Morgan fingerprint density at radius 1 is 1.12 bits per heavy atom. The van der Waals surface area contributed by atoms with Gasteiger partial charge in [0.25, 0.3) is 0 Å². The van der Waals surface area contributed by atoms with Crippen LogP contribution in [0.25, 0.3) is 0 Å². The molecule has 2 aromatic carbocycles. The predicted molar refractivity (Wildman–Crippen MR) is 93.7 cm³/mol. The van der Waals surface area contributed by atoms with E-state index in [4.69, 9.17) is 18.9 Å². The Morgan fingerprint density at radius 2 is 1.96 bits per heavy atom. The maximum Gasteiger partial charge on any atom is 0.231 e. The number of phenols is 1. The minimum Gasteiger partial charge on any atom is -0.504 e. The molecule has 6 heteroatoms. The Hall–Kier alpha value is -2.44. The van der Waals surface area contributed by atoms with Crippen LogP contribution in [-0.4, -0.2) is 37.3 Å². The normalized spacial score (nSPS) is 24.0. The van der Waals surface area contributed by atoms with Gasteiger partial charge in [0.1, 0.15) is 0 Å². The van der Waals surface area contributed by atoms with Gasteiger partial charge in [-0.05, 0) is 47.7 Å². The molecule has 26 heavy (non-hydrogen) atoms. The molecule has 3 atom stereocenters. The number of methoxy groups -OCH3 is 1. The van der Waals surface area contributed by atoms with Crippen molar-refractivity contribution in [2.24, 2.45) is 11.8 Å². The second kappa shape index (κ2) is 7.05. The topological polar surface area (TPSA) is 77.4 Å². The van der Waals surface area contributed by atoms with E-state index in [-0.39, 0.29) is 37.1 Å². The van der Waals surface area contributed by atoms with Crippen LogP contribution in [0.15, 0.2) is 36.4 Å². The number of benzene rings is 2. The molecular formula is C20H22O6. The summed E-state index contributed by atoms with van der Waals surface area (Å²) in [6.07, 6.45) is 0.557. The average molecular weight is 358 g/mol. The highest BCUT2D eigenvalue weighted by Crippen LogP contribution is 2.42. The van der Waals surface area contributed by atoms with E-state index in [1.165, 1.54) is 7.11 Å². The van der Waals surface area contributed by atoms with Crippen LogP contribution in [-0.2, 0) is 11.2 Å². The number of aromatic hydroxyl groups is 1. The van der Waals surface area contributed by atoms with Gasteiger partial charge in [0.15, 0.2) is 23.0 Å². The monoisotopic (exact) mass is 358 g/mol. The summed E-state index contributed by atoms with van der Waals surface area (Å²) in [5, 5.41) is 19.8. The first-order valence-electron chi connectivity index (χ1n) is 8.67. The minimum atomic E-state index is -0.228. The molecule has 6 nitrogen and oxygen atoms in total. The van der Waals surface area contributed by atoms with Gasteiger partial charge < -0.3 is 29.2 Å². The van der Waals surface area contributed by atoms with Crippen molar-refractivity contribution in [3.8, 4) is 23.0 Å². The van der Waals surface area contributed by atoms with Crippen molar-refractivity contribution in [2.75, 3.05) is 27.1 Å². The maximum atomic E-state index is 9.98. The molecule has 2 aliphatic heterocycles. The lowest BCUT2D eigenvalue weighted by Crippen LogP contribution is -2.21. The summed E-state index contributed by atoms with van der Waals surface area (Å²) >= 11 is 0. The Bertz CT molecular complexity index is 790. The van der Waals surface area contributed by atoms with E-state index in [2.05, 4.69) is 0 Å². The number of hydrogen-bond donors (Lipinski definition) is 2. The minimum absolute atomic E-state index is 0.0308. The van der Waals surface area contributed by atoms with E-state index in [0.29, 0.717) is 12.4 Å². The first-order chi connectivity index (χ1) is 12.7. The fourth-order valence-electron chi connectivity index (χ4n) is 3.76. The fourth-order valence-corrected chi connectivity index (χ4v) is 3.76. The molecule has 0 amide bonds. The molecule has 1 saturated heterocycles. The summed E-state index contributed by atoms with van der Waals surface area (Å²) < 4.78 is 22.0. The van der Waals surface area contributed by atoms with Crippen molar-refractivity contribution >= 4 is 0 Å². The lowest BCUT2D eigenvalue weighted by atomic mass is 9.84. The van der Waals surface area contributed by atoms with Crippen molar-refractivity contribution in [1.29, 1.82) is 0 Å². The molecule has 0 saturated carbocycles. The standard InChI is InChI=1S/C20H22O6/c1-23-18-8-13(3-4-16(18)22)20-15(9-21)14(10-24-20)6-12-2-5-17-19(7-12)26-11-25-17/h2-5,7-8,14-15,20-22H,6,9-11H2,1H3/t14-,15-,20+/m1/s1. The van der Waals surface area contributed by atoms with E-state index in [1.807, 2.05) is 24.3 Å². The van der Waals surface area contributed by atoms with Crippen molar-refractivity contribution in [3.63, 3.8) is 0 Å². The molecule has 4 rings (SSSR count). The summed E-state index contributed by atoms with van der Waals surface area (Å²) in [6.45, 7) is 0.853. The maximum absolute atomic E-state index is 9.98. The molecule has 0 aliphatic carbocycles. The molecule has 0 unspecified atom stereocenters. The van der Waals surface area contributed by atoms with Gasteiger partial charge in [0.2, 0.25) is 6.79 Å². The van der Waals surface area contributed by atoms with Crippen molar-refractivity contribution in [1.82, 2.24) is 0 Å². The number of aliphatic hydroxyl groups excluding tert-OH is 1. The quantitative estimate of drug-likeness (QED) is 0.856. The van der Waals surface area contributed by atoms with E-state index >= 15 is 0 Å². The Balaban J connectivity index is 1.52. The summed E-state index contributed by atoms with van der Waals surface area (Å²) in [6, 6.07) is 11.1. The number of ether oxygens (including phenoxy) is 4. The molecule has 2 heterocycles. The van der Waals surface area contributed by atoms with Crippen molar-refractivity contribution in [3.05, 3.63) is 47.5 Å². The zero-order chi connectivity index (χ0) is 18.1. The lowest BCUT2D eigenvalue weighted by molar-refractivity contribution is 0.0717. The summed E-state index contributed by atoms with van der Waals surface area (Å²) in [5.41, 5.74) is 2.03. The molecule has 0 spiro atoms. The van der Waals surface area contributed by atoms with E-state index in [1.54, 1.807) is 12.1 Å². The van der Waals surface area contributed by atoms with Gasteiger partial charge in [0.05, 0.1) is 19.8 Å². The summed E-state index contributed by atoms with van der Waals surface area (Å²) in [5.74, 6) is 2.18. The van der Waals surface area contributed by atoms with Crippen LogP contribution in [0.2, 0.25) is 0 Å². The molecule has 2 aromatic rings.